The second-order valence-electron chi connectivity index (χ2n) is 6.85. The van der Waals surface area contributed by atoms with E-state index < -0.39 is 0 Å². The number of para-hydroxylation sites is 1. The van der Waals surface area contributed by atoms with Crippen LogP contribution in [0.1, 0.15) is 24.4 Å². The average Bonchev–Trinajstić information content (AvgIpc) is 3.19. The van der Waals surface area contributed by atoms with Gasteiger partial charge in [-0.25, -0.2) is 0 Å². The lowest BCUT2D eigenvalue weighted by molar-refractivity contribution is 0.174. The first kappa shape index (κ1) is 16.8. The summed E-state index contributed by atoms with van der Waals surface area (Å²) in [5.41, 5.74) is 3.48. The Bertz CT molecular complexity index is 836. The van der Waals surface area contributed by atoms with Crippen LogP contribution in [-0.4, -0.2) is 41.3 Å². The molecule has 1 fully saturated rings. The maximum absolute atomic E-state index is 5.96. The van der Waals surface area contributed by atoms with E-state index in [0.717, 1.165) is 31.7 Å². The van der Waals surface area contributed by atoms with E-state index in [4.69, 9.17) is 4.42 Å². The standard InChI is InChI=1S/C21H24N4O/c1-16-8-10-18(11-9-16)21-23-22-20(26-21)17(2)24-12-14-25(15-13-24)19-6-4-3-5-7-19/h3-11,17H,12-15H2,1-2H3/t17-/m0/s1. The number of rotatable bonds is 4. The van der Waals surface area contributed by atoms with E-state index in [9.17, 15) is 0 Å². The third kappa shape index (κ3) is 3.48. The molecule has 0 spiro atoms. The summed E-state index contributed by atoms with van der Waals surface area (Å²) < 4.78 is 5.96. The third-order valence-electron chi connectivity index (χ3n) is 5.08. The molecule has 3 aromatic rings. The molecule has 4 rings (SSSR count). The monoisotopic (exact) mass is 348 g/mol. The van der Waals surface area contributed by atoms with Crippen LogP contribution in [0.25, 0.3) is 11.5 Å². The zero-order valence-corrected chi connectivity index (χ0v) is 15.3. The minimum Gasteiger partial charge on any atom is -0.419 e. The number of hydrogen-bond acceptors (Lipinski definition) is 5. The van der Waals surface area contributed by atoms with Crippen molar-refractivity contribution in [3.63, 3.8) is 0 Å². The summed E-state index contributed by atoms with van der Waals surface area (Å²) in [4.78, 5) is 4.83. The predicted molar refractivity (Wildman–Crippen MR) is 103 cm³/mol. The Kier molecular flexibility index (Phi) is 4.71. The average molecular weight is 348 g/mol. The quantitative estimate of drug-likeness (QED) is 0.715. The van der Waals surface area contributed by atoms with Crippen molar-refractivity contribution in [3.8, 4) is 11.5 Å². The molecule has 0 unspecified atom stereocenters. The second-order valence-corrected chi connectivity index (χ2v) is 6.85. The summed E-state index contributed by atoms with van der Waals surface area (Å²) in [6, 6.07) is 18.9. The highest BCUT2D eigenvalue weighted by molar-refractivity contribution is 5.52. The van der Waals surface area contributed by atoms with Crippen LogP contribution in [0.15, 0.2) is 59.0 Å². The van der Waals surface area contributed by atoms with Crippen LogP contribution in [0.2, 0.25) is 0 Å². The van der Waals surface area contributed by atoms with Crippen molar-refractivity contribution < 1.29 is 4.42 Å². The summed E-state index contributed by atoms with van der Waals surface area (Å²) >= 11 is 0. The molecule has 134 valence electrons. The largest absolute Gasteiger partial charge is 0.419 e. The van der Waals surface area contributed by atoms with Crippen LogP contribution in [0.4, 0.5) is 5.69 Å². The molecule has 0 N–H and O–H groups in total. The van der Waals surface area contributed by atoms with Crippen LogP contribution >= 0.6 is 0 Å². The molecular formula is C21H24N4O. The van der Waals surface area contributed by atoms with E-state index in [1.165, 1.54) is 11.3 Å². The van der Waals surface area contributed by atoms with E-state index in [1.807, 2.05) is 12.1 Å². The van der Waals surface area contributed by atoms with Gasteiger partial charge in [0, 0.05) is 37.4 Å². The second kappa shape index (κ2) is 7.30. The highest BCUT2D eigenvalue weighted by Crippen LogP contribution is 2.26. The zero-order chi connectivity index (χ0) is 17.9. The molecular weight excluding hydrogens is 324 g/mol. The molecule has 1 atom stereocenters. The van der Waals surface area contributed by atoms with Gasteiger partial charge < -0.3 is 9.32 Å². The Labute approximate surface area is 154 Å². The number of anilines is 1. The van der Waals surface area contributed by atoms with E-state index >= 15 is 0 Å². The first-order valence-electron chi connectivity index (χ1n) is 9.15. The predicted octanol–water partition coefficient (Wildman–Crippen LogP) is 3.93. The third-order valence-corrected chi connectivity index (χ3v) is 5.08. The molecule has 5 heteroatoms. The molecule has 1 aliphatic rings. The molecule has 5 nitrogen and oxygen atoms in total. The number of aromatic nitrogens is 2. The fourth-order valence-corrected chi connectivity index (χ4v) is 3.38. The van der Waals surface area contributed by atoms with Gasteiger partial charge in [-0.3, -0.25) is 4.90 Å². The molecule has 26 heavy (non-hydrogen) atoms. The van der Waals surface area contributed by atoms with Crippen LogP contribution in [0, 0.1) is 6.92 Å². The smallest absolute Gasteiger partial charge is 0.247 e. The summed E-state index contributed by atoms with van der Waals surface area (Å²) in [7, 11) is 0. The first-order valence-corrected chi connectivity index (χ1v) is 9.15. The fraction of sp³-hybridized carbons (Fsp3) is 0.333. The van der Waals surface area contributed by atoms with E-state index in [-0.39, 0.29) is 6.04 Å². The summed E-state index contributed by atoms with van der Waals surface area (Å²) in [5.74, 6) is 1.28. The van der Waals surface area contributed by atoms with Gasteiger partial charge in [-0.05, 0) is 38.1 Å². The molecule has 2 aromatic carbocycles. The van der Waals surface area contributed by atoms with Crippen molar-refractivity contribution >= 4 is 5.69 Å². The van der Waals surface area contributed by atoms with E-state index in [1.54, 1.807) is 0 Å². The number of benzene rings is 2. The Morgan fingerprint density at radius 3 is 2.27 bits per heavy atom. The van der Waals surface area contributed by atoms with Gasteiger partial charge in [0.25, 0.3) is 0 Å². The summed E-state index contributed by atoms with van der Waals surface area (Å²) in [6.07, 6.45) is 0. The Morgan fingerprint density at radius 1 is 0.885 bits per heavy atom. The summed E-state index contributed by atoms with van der Waals surface area (Å²) in [5, 5.41) is 8.54. The molecule has 1 aromatic heterocycles. The first-order chi connectivity index (χ1) is 12.7. The Hall–Kier alpha value is -2.66. The van der Waals surface area contributed by atoms with Crippen molar-refractivity contribution in [1.29, 1.82) is 0 Å². The minimum atomic E-state index is 0.125. The van der Waals surface area contributed by atoms with Crippen LogP contribution in [-0.2, 0) is 0 Å². The van der Waals surface area contributed by atoms with Gasteiger partial charge in [0.05, 0.1) is 6.04 Å². The molecule has 0 saturated carbocycles. The highest BCUT2D eigenvalue weighted by Gasteiger charge is 2.25. The van der Waals surface area contributed by atoms with Crippen LogP contribution < -0.4 is 4.90 Å². The van der Waals surface area contributed by atoms with Crippen LogP contribution in [0.5, 0.6) is 0 Å². The van der Waals surface area contributed by atoms with Crippen molar-refractivity contribution in [1.82, 2.24) is 15.1 Å². The van der Waals surface area contributed by atoms with Gasteiger partial charge in [-0.15, -0.1) is 10.2 Å². The molecule has 1 saturated heterocycles. The Balaban J connectivity index is 1.41. The SMILES string of the molecule is Cc1ccc(-c2nnc([C@H](C)N3CCN(c4ccccc4)CC3)o2)cc1. The lowest BCUT2D eigenvalue weighted by Gasteiger charge is -2.38. The lowest BCUT2D eigenvalue weighted by Crippen LogP contribution is -2.47. The minimum absolute atomic E-state index is 0.125. The summed E-state index contributed by atoms with van der Waals surface area (Å²) in [6.45, 7) is 8.20. The maximum Gasteiger partial charge on any atom is 0.247 e. The normalized spacial score (nSPS) is 16.6. The van der Waals surface area contributed by atoms with Gasteiger partial charge in [0.15, 0.2) is 0 Å². The van der Waals surface area contributed by atoms with Gasteiger partial charge in [0.1, 0.15) is 0 Å². The molecule has 0 radical (unpaired) electrons. The van der Waals surface area contributed by atoms with Crippen molar-refractivity contribution in [3.05, 3.63) is 66.1 Å². The number of nitrogens with zero attached hydrogens (tertiary/aromatic N) is 4. The molecule has 1 aliphatic heterocycles. The number of hydrogen-bond donors (Lipinski definition) is 0. The Morgan fingerprint density at radius 2 is 1.58 bits per heavy atom. The van der Waals surface area contributed by atoms with E-state index in [0.29, 0.717) is 11.8 Å². The number of piperazine rings is 1. The van der Waals surface area contributed by atoms with Crippen molar-refractivity contribution in [2.45, 2.75) is 19.9 Å². The van der Waals surface area contributed by atoms with Gasteiger partial charge in [-0.2, -0.15) is 0 Å². The topological polar surface area (TPSA) is 45.4 Å². The maximum atomic E-state index is 5.96. The van der Waals surface area contributed by atoms with Gasteiger partial charge in [0.2, 0.25) is 11.8 Å². The molecule has 0 aliphatic carbocycles. The fourth-order valence-electron chi connectivity index (χ4n) is 3.38. The highest BCUT2D eigenvalue weighted by atomic mass is 16.4. The number of aryl methyl sites for hydroxylation is 1. The van der Waals surface area contributed by atoms with Gasteiger partial charge >= 0.3 is 0 Å². The van der Waals surface area contributed by atoms with Gasteiger partial charge in [-0.1, -0.05) is 35.9 Å². The molecule has 0 bridgehead atoms. The molecule has 2 heterocycles. The van der Waals surface area contributed by atoms with Crippen LogP contribution in [0.3, 0.4) is 0 Å². The zero-order valence-electron chi connectivity index (χ0n) is 15.3. The lowest BCUT2D eigenvalue weighted by atomic mass is 10.1. The van der Waals surface area contributed by atoms with Crippen molar-refractivity contribution in [2.24, 2.45) is 0 Å². The molecule has 0 amide bonds. The van der Waals surface area contributed by atoms with E-state index in [2.05, 4.69) is 76.3 Å². The van der Waals surface area contributed by atoms with Crippen molar-refractivity contribution in [2.75, 3.05) is 31.1 Å².